The van der Waals surface area contributed by atoms with E-state index >= 15 is 0 Å². The summed E-state index contributed by atoms with van der Waals surface area (Å²) in [6.45, 7) is 2.20. The van der Waals surface area contributed by atoms with Gasteiger partial charge in [0.2, 0.25) is 21.8 Å². The number of nitrogens with two attached hydrogens (primary N) is 1. The molecule has 2 amide bonds. The number of hydrogen-bond acceptors (Lipinski definition) is 5. The van der Waals surface area contributed by atoms with Gasteiger partial charge in [-0.15, -0.1) is 12.4 Å². The monoisotopic (exact) mass is 418 g/mol. The maximum absolute atomic E-state index is 12.6. The van der Waals surface area contributed by atoms with Gasteiger partial charge in [-0.1, -0.05) is 18.2 Å². The van der Waals surface area contributed by atoms with Crippen molar-refractivity contribution in [2.24, 2.45) is 5.73 Å². The lowest BCUT2D eigenvalue weighted by atomic mass is 10.2. The van der Waals surface area contributed by atoms with E-state index < -0.39 is 10.0 Å². The fraction of sp³-hybridized carbons (Fsp3) is 0.529. The van der Waals surface area contributed by atoms with E-state index in [-0.39, 0.29) is 55.0 Å². The summed E-state index contributed by atoms with van der Waals surface area (Å²) < 4.78 is 26.5. The van der Waals surface area contributed by atoms with Crippen LogP contribution in [0.3, 0.4) is 0 Å². The van der Waals surface area contributed by atoms with E-state index in [0.717, 1.165) is 0 Å². The second-order valence-electron chi connectivity index (χ2n) is 6.09. The number of amides is 2. The third-order valence-electron chi connectivity index (χ3n) is 4.24. The van der Waals surface area contributed by atoms with Gasteiger partial charge in [-0.3, -0.25) is 9.59 Å². The molecule has 0 aliphatic carbocycles. The van der Waals surface area contributed by atoms with Crippen LogP contribution in [0.5, 0.6) is 0 Å². The molecule has 0 bridgehead atoms. The lowest BCUT2D eigenvalue weighted by Gasteiger charge is -2.34. The van der Waals surface area contributed by atoms with E-state index in [4.69, 9.17) is 5.73 Å². The first kappa shape index (κ1) is 23.4. The molecule has 1 aromatic rings. The second kappa shape index (κ2) is 11.2. The van der Waals surface area contributed by atoms with Gasteiger partial charge in [-0.25, -0.2) is 8.42 Å². The van der Waals surface area contributed by atoms with Crippen LogP contribution in [-0.4, -0.2) is 68.7 Å². The smallest absolute Gasteiger partial charge is 0.243 e. The molecule has 152 valence electrons. The van der Waals surface area contributed by atoms with Gasteiger partial charge >= 0.3 is 0 Å². The lowest BCUT2D eigenvalue weighted by Crippen LogP contribution is -2.50. The van der Waals surface area contributed by atoms with Crippen LogP contribution >= 0.6 is 12.4 Å². The number of piperazine rings is 1. The number of hydrogen-bond donors (Lipinski definition) is 2. The zero-order valence-corrected chi connectivity index (χ0v) is 16.8. The van der Waals surface area contributed by atoms with Crippen LogP contribution in [0.4, 0.5) is 0 Å². The number of carbonyl (C=O) groups is 2. The first-order valence-electron chi connectivity index (χ1n) is 8.75. The molecular weight excluding hydrogens is 392 g/mol. The molecule has 0 radical (unpaired) electrons. The average Bonchev–Trinajstić information content (AvgIpc) is 2.67. The summed E-state index contributed by atoms with van der Waals surface area (Å²) in [5.41, 5.74) is 5.35. The predicted molar refractivity (Wildman–Crippen MR) is 105 cm³/mol. The van der Waals surface area contributed by atoms with Crippen molar-refractivity contribution in [1.82, 2.24) is 14.5 Å². The first-order valence-corrected chi connectivity index (χ1v) is 10.2. The van der Waals surface area contributed by atoms with Gasteiger partial charge in [0.1, 0.15) is 0 Å². The molecule has 1 saturated heterocycles. The Kier molecular flexibility index (Phi) is 9.71. The molecular formula is C17H27ClN4O4S. The van der Waals surface area contributed by atoms with Gasteiger partial charge in [0, 0.05) is 45.6 Å². The standard InChI is InChI=1S/C17H26N4O4S.ClH/c18-9-4-10-19-16(22)7-8-17(23)20-11-13-21(14-12-20)26(24,25)15-5-2-1-3-6-15;/h1-3,5-6H,4,7-14,18H2,(H,19,22);1H. The molecule has 0 atom stereocenters. The zero-order chi connectivity index (χ0) is 19.0. The number of nitrogens with one attached hydrogen (secondary N) is 1. The van der Waals surface area contributed by atoms with Gasteiger partial charge in [0.25, 0.3) is 0 Å². The van der Waals surface area contributed by atoms with Crippen molar-refractivity contribution in [1.29, 1.82) is 0 Å². The maximum Gasteiger partial charge on any atom is 0.243 e. The molecule has 0 spiro atoms. The number of sulfonamides is 1. The van der Waals surface area contributed by atoms with Gasteiger partial charge in [0.05, 0.1) is 4.90 Å². The second-order valence-corrected chi connectivity index (χ2v) is 8.03. The van der Waals surface area contributed by atoms with Gasteiger partial charge < -0.3 is 16.0 Å². The molecule has 1 aliphatic rings. The van der Waals surface area contributed by atoms with Gasteiger partial charge in [0.15, 0.2) is 0 Å². The molecule has 0 saturated carbocycles. The van der Waals surface area contributed by atoms with E-state index in [1.54, 1.807) is 35.2 Å². The minimum Gasteiger partial charge on any atom is -0.356 e. The van der Waals surface area contributed by atoms with Gasteiger partial charge in [-0.05, 0) is 25.1 Å². The number of benzene rings is 1. The third kappa shape index (κ3) is 6.76. The van der Waals surface area contributed by atoms with E-state index in [0.29, 0.717) is 32.6 Å². The molecule has 27 heavy (non-hydrogen) atoms. The third-order valence-corrected chi connectivity index (χ3v) is 6.15. The lowest BCUT2D eigenvalue weighted by molar-refractivity contribution is -0.134. The normalized spacial score (nSPS) is 15.1. The van der Waals surface area contributed by atoms with E-state index in [1.165, 1.54) is 4.31 Å². The topological polar surface area (TPSA) is 113 Å². The fourth-order valence-electron chi connectivity index (χ4n) is 2.72. The van der Waals surface area contributed by atoms with E-state index in [2.05, 4.69) is 5.32 Å². The summed E-state index contributed by atoms with van der Waals surface area (Å²) in [6, 6.07) is 8.27. The summed E-state index contributed by atoms with van der Waals surface area (Å²) in [4.78, 5) is 25.7. The van der Waals surface area contributed by atoms with Crippen LogP contribution < -0.4 is 11.1 Å². The Morgan fingerprint density at radius 1 is 1.04 bits per heavy atom. The number of rotatable bonds is 8. The Hall–Kier alpha value is -1.68. The molecule has 10 heteroatoms. The number of carbonyl (C=O) groups excluding carboxylic acids is 2. The van der Waals surface area contributed by atoms with Crippen LogP contribution in [0.1, 0.15) is 19.3 Å². The Bertz CT molecular complexity index is 707. The van der Waals surface area contributed by atoms with Crippen LogP contribution in [0.15, 0.2) is 35.2 Å². The van der Waals surface area contributed by atoms with Crippen molar-refractivity contribution < 1.29 is 18.0 Å². The molecule has 1 aromatic carbocycles. The molecule has 2 rings (SSSR count). The highest BCUT2D eigenvalue weighted by molar-refractivity contribution is 7.89. The summed E-state index contributed by atoms with van der Waals surface area (Å²) in [5.74, 6) is -0.298. The Morgan fingerprint density at radius 3 is 2.26 bits per heavy atom. The molecule has 1 aliphatic heterocycles. The quantitative estimate of drug-likeness (QED) is 0.585. The summed E-state index contributed by atoms with van der Waals surface area (Å²) >= 11 is 0. The van der Waals surface area contributed by atoms with Crippen LogP contribution in [0.25, 0.3) is 0 Å². The van der Waals surface area contributed by atoms with Crippen LogP contribution in [-0.2, 0) is 19.6 Å². The minimum atomic E-state index is -3.53. The van der Waals surface area contributed by atoms with Crippen molar-refractivity contribution in [2.45, 2.75) is 24.2 Å². The van der Waals surface area contributed by atoms with E-state index in [1.807, 2.05) is 0 Å². The Morgan fingerprint density at radius 2 is 1.67 bits per heavy atom. The fourth-order valence-corrected chi connectivity index (χ4v) is 4.16. The summed E-state index contributed by atoms with van der Waals surface area (Å²) in [7, 11) is -3.53. The minimum absolute atomic E-state index is 0. The highest BCUT2D eigenvalue weighted by Gasteiger charge is 2.29. The van der Waals surface area contributed by atoms with Crippen molar-refractivity contribution >= 4 is 34.2 Å². The molecule has 0 unspecified atom stereocenters. The number of nitrogens with zero attached hydrogens (tertiary/aromatic N) is 2. The molecule has 8 nitrogen and oxygen atoms in total. The molecule has 1 heterocycles. The Labute approximate surface area is 166 Å². The molecule has 0 aromatic heterocycles. The largest absolute Gasteiger partial charge is 0.356 e. The van der Waals surface area contributed by atoms with Crippen LogP contribution in [0, 0.1) is 0 Å². The Balaban J connectivity index is 0.00000364. The highest BCUT2D eigenvalue weighted by Crippen LogP contribution is 2.17. The molecule has 1 fully saturated rings. The number of halogens is 1. The van der Waals surface area contributed by atoms with Crippen LogP contribution in [0.2, 0.25) is 0 Å². The SMILES string of the molecule is Cl.NCCCNC(=O)CCC(=O)N1CCN(S(=O)(=O)c2ccccc2)CC1. The summed E-state index contributed by atoms with van der Waals surface area (Å²) in [6.07, 6.45) is 0.962. The summed E-state index contributed by atoms with van der Waals surface area (Å²) in [5, 5.41) is 2.71. The van der Waals surface area contributed by atoms with Gasteiger partial charge in [-0.2, -0.15) is 4.31 Å². The van der Waals surface area contributed by atoms with E-state index in [9.17, 15) is 18.0 Å². The zero-order valence-electron chi connectivity index (χ0n) is 15.2. The van der Waals surface area contributed by atoms with Crippen molar-refractivity contribution in [3.05, 3.63) is 30.3 Å². The van der Waals surface area contributed by atoms with Crippen molar-refractivity contribution in [2.75, 3.05) is 39.3 Å². The average molecular weight is 419 g/mol. The molecule has 3 N–H and O–H groups in total. The van der Waals surface area contributed by atoms with Crippen molar-refractivity contribution in [3.63, 3.8) is 0 Å². The first-order chi connectivity index (χ1) is 12.4. The maximum atomic E-state index is 12.6. The van der Waals surface area contributed by atoms with Crippen molar-refractivity contribution in [3.8, 4) is 0 Å². The highest BCUT2D eigenvalue weighted by atomic mass is 35.5. The predicted octanol–water partition coefficient (Wildman–Crippen LogP) is 0.187.